The second kappa shape index (κ2) is 3.00. The second-order valence-corrected chi connectivity index (χ2v) is 1.95. The molecule has 0 unspecified atom stereocenters. The van der Waals surface area contributed by atoms with Crippen LogP contribution in [0, 0.1) is 0 Å². The molecule has 1 rings (SSSR count). The van der Waals surface area contributed by atoms with E-state index in [9.17, 15) is 0 Å². The molecule has 0 amide bonds. The van der Waals surface area contributed by atoms with Crippen molar-refractivity contribution in [3.8, 4) is 0 Å². The minimum atomic E-state index is 0.436. The van der Waals surface area contributed by atoms with Crippen LogP contribution in [0.25, 0.3) is 0 Å². The van der Waals surface area contributed by atoms with E-state index < -0.39 is 0 Å². The number of rotatable bonds is 3. The fourth-order valence-corrected chi connectivity index (χ4v) is 0.492. The maximum absolute atomic E-state index is 5.07. The molecular weight excluding hydrogens is 130 g/mol. The van der Waals surface area contributed by atoms with Crippen LogP contribution in [-0.4, -0.2) is 15.4 Å². The van der Waals surface area contributed by atoms with Gasteiger partial charge in [-0.1, -0.05) is 6.58 Å². The van der Waals surface area contributed by atoms with E-state index in [-0.39, 0.29) is 0 Å². The number of allylic oxidation sites excluding steroid dienone is 1. The van der Waals surface area contributed by atoms with E-state index in [1.54, 1.807) is 13.1 Å². The summed E-state index contributed by atoms with van der Waals surface area (Å²) in [6.45, 7) is 5.80. The van der Waals surface area contributed by atoms with E-state index in [4.69, 9.17) is 4.74 Å². The topological polar surface area (TPSA) is 50.8 Å². The Kier molecular flexibility index (Phi) is 2.04. The molecule has 4 heteroatoms. The van der Waals surface area contributed by atoms with Gasteiger partial charge < -0.3 is 4.74 Å². The van der Waals surface area contributed by atoms with Crippen LogP contribution in [0.2, 0.25) is 0 Å². The van der Waals surface area contributed by atoms with Crippen molar-refractivity contribution in [3.05, 3.63) is 24.2 Å². The monoisotopic (exact) mass is 139 g/mol. The number of hydrogen-bond donors (Lipinski definition) is 1. The minimum absolute atomic E-state index is 0.436. The Morgan fingerprint density at radius 3 is 3.20 bits per heavy atom. The number of nitrogens with one attached hydrogen (secondary N) is 1. The van der Waals surface area contributed by atoms with Gasteiger partial charge in [-0.2, -0.15) is 15.4 Å². The van der Waals surface area contributed by atoms with Gasteiger partial charge in [0.05, 0.1) is 12.0 Å². The van der Waals surface area contributed by atoms with Gasteiger partial charge in [0.1, 0.15) is 12.3 Å². The van der Waals surface area contributed by atoms with E-state index in [0.717, 1.165) is 5.69 Å². The van der Waals surface area contributed by atoms with Crippen molar-refractivity contribution in [2.45, 2.75) is 13.5 Å². The molecule has 1 aromatic heterocycles. The molecule has 54 valence electrons. The Balaban J connectivity index is 2.35. The quantitative estimate of drug-likeness (QED) is 0.632. The highest BCUT2D eigenvalue weighted by Gasteiger charge is 1.93. The summed E-state index contributed by atoms with van der Waals surface area (Å²) in [6, 6.07) is 0. The third kappa shape index (κ3) is 1.89. The van der Waals surface area contributed by atoms with Crippen molar-refractivity contribution < 1.29 is 4.74 Å². The number of hydrogen-bond acceptors (Lipinski definition) is 3. The van der Waals surface area contributed by atoms with Gasteiger partial charge in [-0.15, -0.1) is 0 Å². The lowest BCUT2D eigenvalue weighted by molar-refractivity contribution is 0.198. The molecule has 0 atom stereocenters. The van der Waals surface area contributed by atoms with Gasteiger partial charge in [-0.3, -0.25) is 0 Å². The Hall–Kier alpha value is -1.32. The minimum Gasteiger partial charge on any atom is -0.492 e. The highest BCUT2D eigenvalue weighted by atomic mass is 16.5. The third-order valence-electron chi connectivity index (χ3n) is 0.931. The average molecular weight is 139 g/mol. The van der Waals surface area contributed by atoms with Gasteiger partial charge in [0.15, 0.2) is 0 Å². The smallest absolute Gasteiger partial charge is 0.133 e. The summed E-state index contributed by atoms with van der Waals surface area (Å²) in [6.07, 6.45) is 1.61. The molecule has 0 saturated carbocycles. The Bertz CT molecular complexity index is 205. The van der Waals surface area contributed by atoms with Crippen molar-refractivity contribution >= 4 is 0 Å². The van der Waals surface area contributed by atoms with Crippen LogP contribution < -0.4 is 0 Å². The van der Waals surface area contributed by atoms with E-state index in [2.05, 4.69) is 22.0 Å². The molecule has 0 fully saturated rings. The predicted octanol–water partition coefficient (Wildman–Crippen LogP) is 0.855. The normalized spacial score (nSPS) is 9.30. The Labute approximate surface area is 58.9 Å². The molecule has 0 radical (unpaired) electrons. The van der Waals surface area contributed by atoms with Crippen LogP contribution in [0.5, 0.6) is 0 Å². The number of aromatic nitrogens is 3. The van der Waals surface area contributed by atoms with Crippen LogP contribution in [0.4, 0.5) is 0 Å². The molecule has 4 nitrogen and oxygen atoms in total. The Morgan fingerprint density at radius 2 is 2.70 bits per heavy atom. The predicted molar refractivity (Wildman–Crippen MR) is 36.0 cm³/mol. The fourth-order valence-electron chi connectivity index (χ4n) is 0.492. The third-order valence-corrected chi connectivity index (χ3v) is 0.931. The maximum Gasteiger partial charge on any atom is 0.133 e. The molecule has 0 aliphatic rings. The molecule has 0 bridgehead atoms. The molecule has 0 aliphatic carbocycles. The van der Waals surface area contributed by atoms with E-state index >= 15 is 0 Å². The molecule has 0 aromatic carbocycles. The van der Waals surface area contributed by atoms with Crippen LogP contribution >= 0.6 is 0 Å². The first kappa shape index (κ1) is 6.80. The van der Waals surface area contributed by atoms with E-state index in [1.165, 1.54) is 0 Å². The lowest BCUT2D eigenvalue weighted by atomic mass is 10.5. The first-order chi connectivity index (χ1) is 4.79. The van der Waals surface area contributed by atoms with Crippen molar-refractivity contribution in [2.75, 3.05) is 0 Å². The number of ether oxygens (including phenoxy) is 1. The van der Waals surface area contributed by atoms with Gasteiger partial charge in [0.2, 0.25) is 0 Å². The van der Waals surface area contributed by atoms with Crippen LogP contribution in [0.1, 0.15) is 12.6 Å². The largest absolute Gasteiger partial charge is 0.492 e. The first-order valence-electron chi connectivity index (χ1n) is 2.92. The highest BCUT2D eigenvalue weighted by Crippen LogP contribution is 1.97. The van der Waals surface area contributed by atoms with Gasteiger partial charge in [-0.25, -0.2) is 0 Å². The van der Waals surface area contributed by atoms with Gasteiger partial charge in [0, 0.05) is 0 Å². The molecule has 1 aromatic rings. The molecule has 0 saturated heterocycles. The second-order valence-electron chi connectivity index (χ2n) is 1.95. The maximum atomic E-state index is 5.07. The zero-order valence-corrected chi connectivity index (χ0v) is 5.79. The lowest BCUT2D eigenvalue weighted by Crippen LogP contribution is -1.89. The van der Waals surface area contributed by atoms with Crippen molar-refractivity contribution in [3.63, 3.8) is 0 Å². The SMILES string of the molecule is C=C(C)OCc1cn[nH]n1. The average Bonchev–Trinajstić information content (AvgIpc) is 2.34. The number of nitrogens with zero attached hydrogens (tertiary/aromatic N) is 2. The van der Waals surface area contributed by atoms with E-state index in [0.29, 0.717) is 12.4 Å². The summed E-state index contributed by atoms with van der Waals surface area (Å²) in [5.41, 5.74) is 0.781. The molecule has 1 heterocycles. The lowest BCUT2D eigenvalue weighted by Gasteiger charge is -1.99. The molecule has 0 spiro atoms. The molecule has 1 N–H and O–H groups in total. The summed E-state index contributed by atoms with van der Waals surface area (Å²) in [5.74, 6) is 0.683. The molecule has 10 heavy (non-hydrogen) atoms. The highest BCUT2D eigenvalue weighted by molar-refractivity contribution is 4.88. The number of H-pyrrole nitrogens is 1. The van der Waals surface area contributed by atoms with Crippen LogP contribution in [0.3, 0.4) is 0 Å². The summed E-state index contributed by atoms with van der Waals surface area (Å²) in [7, 11) is 0. The van der Waals surface area contributed by atoms with Gasteiger partial charge in [-0.05, 0) is 6.92 Å². The van der Waals surface area contributed by atoms with Crippen molar-refractivity contribution in [1.82, 2.24) is 15.4 Å². The van der Waals surface area contributed by atoms with Crippen molar-refractivity contribution in [2.24, 2.45) is 0 Å². The van der Waals surface area contributed by atoms with Crippen molar-refractivity contribution in [1.29, 1.82) is 0 Å². The number of aromatic amines is 1. The summed E-state index contributed by atoms with van der Waals surface area (Å²) < 4.78 is 5.07. The van der Waals surface area contributed by atoms with Gasteiger partial charge in [0.25, 0.3) is 0 Å². The van der Waals surface area contributed by atoms with Crippen LogP contribution in [-0.2, 0) is 11.3 Å². The summed E-state index contributed by atoms with van der Waals surface area (Å²) in [4.78, 5) is 0. The summed E-state index contributed by atoms with van der Waals surface area (Å²) in [5, 5.41) is 9.88. The first-order valence-corrected chi connectivity index (χ1v) is 2.92. The molecular formula is C6H9N3O. The van der Waals surface area contributed by atoms with Crippen LogP contribution in [0.15, 0.2) is 18.5 Å². The zero-order valence-electron chi connectivity index (χ0n) is 5.79. The van der Waals surface area contributed by atoms with E-state index in [1.807, 2.05) is 0 Å². The molecule has 0 aliphatic heterocycles. The zero-order chi connectivity index (χ0) is 7.40. The fraction of sp³-hybridized carbons (Fsp3) is 0.333. The van der Waals surface area contributed by atoms with Gasteiger partial charge >= 0.3 is 0 Å². The Morgan fingerprint density at radius 1 is 1.90 bits per heavy atom. The summed E-state index contributed by atoms with van der Waals surface area (Å²) >= 11 is 0. The standard InChI is InChI=1S/C6H9N3O/c1-5(2)10-4-6-3-7-9-8-6/h3H,1,4H2,2H3,(H,7,8,9).